The van der Waals surface area contributed by atoms with Gasteiger partial charge in [0, 0.05) is 12.8 Å². The van der Waals surface area contributed by atoms with Crippen LogP contribution in [0.4, 0.5) is 4.39 Å². The third-order valence-corrected chi connectivity index (χ3v) is 5.64. The van der Waals surface area contributed by atoms with E-state index in [0.717, 1.165) is 6.42 Å². The molecule has 4 N–H and O–H groups in total. The molecule has 2 fully saturated rings. The Balaban J connectivity index is 1.47. The van der Waals surface area contributed by atoms with Crippen LogP contribution in [0, 0.1) is 5.82 Å². The van der Waals surface area contributed by atoms with Gasteiger partial charge in [-0.3, -0.25) is 0 Å². The van der Waals surface area contributed by atoms with E-state index in [0.29, 0.717) is 36.5 Å². The fourth-order valence-electron chi connectivity index (χ4n) is 3.81. The van der Waals surface area contributed by atoms with Crippen LogP contribution in [0.1, 0.15) is 17.5 Å². The van der Waals surface area contributed by atoms with E-state index in [1.54, 1.807) is 36.4 Å². The van der Waals surface area contributed by atoms with Gasteiger partial charge in [-0.15, -0.1) is 0 Å². The first-order valence-corrected chi connectivity index (χ1v) is 10.5. The minimum atomic E-state index is -1.54. The Hall–Kier alpha value is -2.27. The molecular formula is C23H27FO8. The van der Waals surface area contributed by atoms with Gasteiger partial charge in [-0.05, 0) is 29.3 Å². The molecule has 2 heterocycles. The number of aliphatic hydroxyl groups is 4. The molecule has 0 bridgehead atoms. The topological polar surface area (TPSA) is 118 Å². The van der Waals surface area contributed by atoms with Crippen molar-refractivity contribution in [2.75, 3.05) is 19.8 Å². The predicted octanol–water partition coefficient (Wildman–Crippen LogP) is 0.763. The number of aliphatic hydroxyl groups excluding tert-OH is 4. The second kappa shape index (κ2) is 10.1. The van der Waals surface area contributed by atoms with Gasteiger partial charge < -0.3 is 39.4 Å². The Kier molecular flexibility index (Phi) is 7.24. The average molecular weight is 450 g/mol. The molecule has 174 valence electrons. The Morgan fingerprint density at radius 2 is 1.78 bits per heavy atom. The summed E-state index contributed by atoms with van der Waals surface area (Å²) in [6, 6.07) is 11.7. The zero-order valence-corrected chi connectivity index (χ0v) is 17.3. The highest BCUT2D eigenvalue weighted by atomic mass is 19.1. The van der Waals surface area contributed by atoms with E-state index in [1.165, 1.54) is 6.07 Å². The van der Waals surface area contributed by atoms with Crippen molar-refractivity contribution in [1.82, 2.24) is 0 Å². The van der Waals surface area contributed by atoms with Crippen LogP contribution < -0.4 is 9.47 Å². The molecule has 0 saturated carbocycles. The fraction of sp³-hybridized carbons (Fsp3) is 0.478. The van der Waals surface area contributed by atoms with Crippen LogP contribution in [-0.4, -0.2) is 77.1 Å². The first-order valence-electron chi connectivity index (χ1n) is 10.5. The number of rotatable bonds is 7. The molecular weight excluding hydrogens is 423 g/mol. The average Bonchev–Trinajstić information content (AvgIpc) is 3.30. The van der Waals surface area contributed by atoms with E-state index in [2.05, 4.69) is 0 Å². The lowest BCUT2D eigenvalue weighted by Crippen LogP contribution is -2.60. The molecule has 6 atom stereocenters. The lowest BCUT2D eigenvalue weighted by molar-refractivity contribution is -0.277. The zero-order chi connectivity index (χ0) is 22.7. The van der Waals surface area contributed by atoms with E-state index < -0.39 is 43.1 Å². The fourth-order valence-corrected chi connectivity index (χ4v) is 3.81. The summed E-state index contributed by atoms with van der Waals surface area (Å²) in [5, 5.41) is 39.5. The Morgan fingerprint density at radius 3 is 2.50 bits per heavy atom. The largest absolute Gasteiger partial charge is 0.485 e. The maximum atomic E-state index is 14.6. The number of ether oxygens (including phenoxy) is 4. The van der Waals surface area contributed by atoms with Crippen LogP contribution >= 0.6 is 0 Å². The van der Waals surface area contributed by atoms with Gasteiger partial charge in [0.25, 0.3) is 0 Å². The molecule has 0 spiro atoms. The molecule has 2 aliphatic rings. The first-order chi connectivity index (χ1) is 15.5. The van der Waals surface area contributed by atoms with E-state index in [4.69, 9.17) is 18.9 Å². The van der Waals surface area contributed by atoms with Crippen LogP contribution in [0.2, 0.25) is 0 Å². The molecule has 0 radical (unpaired) electrons. The van der Waals surface area contributed by atoms with Crippen LogP contribution in [0.3, 0.4) is 0 Å². The molecule has 2 aliphatic heterocycles. The lowest BCUT2D eigenvalue weighted by atomic mass is 9.99. The highest BCUT2D eigenvalue weighted by molar-refractivity contribution is 5.39. The summed E-state index contributed by atoms with van der Waals surface area (Å²) in [4.78, 5) is 0. The van der Waals surface area contributed by atoms with Crippen LogP contribution in [-0.2, 0) is 15.9 Å². The molecule has 4 rings (SSSR count). The molecule has 2 saturated heterocycles. The number of para-hydroxylation sites is 1. The Morgan fingerprint density at radius 1 is 0.969 bits per heavy atom. The summed E-state index contributed by atoms with van der Waals surface area (Å²) in [6.45, 7) is 0.507. The van der Waals surface area contributed by atoms with Gasteiger partial charge >= 0.3 is 0 Å². The van der Waals surface area contributed by atoms with Gasteiger partial charge in [-0.25, -0.2) is 4.39 Å². The van der Waals surface area contributed by atoms with Gasteiger partial charge in [0.05, 0.1) is 19.8 Å². The molecule has 0 amide bonds. The third-order valence-electron chi connectivity index (χ3n) is 5.64. The summed E-state index contributed by atoms with van der Waals surface area (Å²) in [7, 11) is 0. The minimum absolute atomic E-state index is 0.150. The van der Waals surface area contributed by atoms with E-state index in [-0.39, 0.29) is 11.9 Å². The molecule has 2 aromatic rings. The maximum absolute atomic E-state index is 14.6. The van der Waals surface area contributed by atoms with Crippen molar-refractivity contribution >= 4 is 0 Å². The van der Waals surface area contributed by atoms with Gasteiger partial charge in [-0.1, -0.05) is 24.3 Å². The molecule has 8 nitrogen and oxygen atoms in total. The molecule has 9 heteroatoms. The molecule has 0 aromatic heterocycles. The van der Waals surface area contributed by atoms with Crippen LogP contribution in [0.15, 0.2) is 42.5 Å². The highest BCUT2D eigenvalue weighted by Crippen LogP contribution is 2.29. The Bertz CT molecular complexity index is 901. The number of hydrogen-bond acceptors (Lipinski definition) is 8. The van der Waals surface area contributed by atoms with E-state index in [1.807, 2.05) is 0 Å². The first kappa shape index (κ1) is 22.9. The van der Waals surface area contributed by atoms with Crippen molar-refractivity contribution in [3.8, 4) is 11.5 Å². The SMILES string of the molecule is OC[C@H]1O[C@@H](Oc2ccccc2Cc2ccc(O[C@@H]3CCOC3)c(F)c2)[C@H](O)[C@@H](O)[C@@H]1O. The van der Waals surface area contributed by atoms with Crippen LogP contribution in [0.5, 0.6) is 11.5 Å². The standard InChI is InChI=1S/C23H27FO8/c24-16-10-13(5-6-18(16)30-15-7-8-29-12-15)9-14-3-1-2-4-17(14)31-23-22(28)21(27)20(26)19(11-25)32-23/h1-6,10,15,19-23,25-28H,7-9,11-12H2/t15-,19-,20-,21+,22-,23-/m1/s1. The number of halogens is 1. The summed E-state index contributed by atoms with van der Waals surface area (Å²) < 4.78 is 36.7. The van der Waals surface area contributed by atoms with Crippen molar-refractivity contribution in [3.05, 3.63) is 59.4 Å². The third kappa shape index (κ3) is 5.03. The van der Waals surface area contributed by atoms with Crippen molar-refractivity contribution < 1.29 is 43.8 Å². The van der Waals surface area contributed by atoms with E-state index >= 15 is 0 Å². The van der Waals surface area contributed by atoms with E-state index in [9.17, 15) is 24.8 Å². The monoisotopic (exact) mass is 450 g/mol. The molecule has 0 unspecified atom stereocenters. The van der Waals surface area contributed by atoms with Crippen molar-refractivity contribution in [2.45, 2.75) is 49.7 Å². The summed E-state index contributed by atoms with van der Waals surface area (Å²) in [5.41, 5.74) is 1.38. The lowest BCUT2D eigenvalue weighted by Gasteiger charge is -2.39. The second-order valence-corrected chi connectivity index (χ2v) is 7.97. The summed E-state index contributed by atoms with van der Waals surface area (Å²) >= 11 is 0. The summed E-state index contributed by atoms with van der Waals surface area (Å²) in [6.07, 6.45) is -5.99. The highest BCUT2D eigenvalue weighted by Gasteiger charge is 2.44. The quantitative estimate of drug-likeness (QED) is 0.489. The van der Waals surface area contributed by atoms with Gasteiger partial charge in [-0.2, -0.15) is 0 Å². The second-order valence-electron chi connectivity index (χ2n) is 7.97. The Labute approximate surface area is 184 Å². The molecule has 2 aromatic carbocycles. The summed E-state index contributed by atoms with van der Waals surface area (Å²) in [5.74, 6) is 0.0671. The number of hydrogen-bond donors (Lipinski definition) is 4. The van der Waals surface area contributed by atoms with Crippen molar-refractivity contribution in [1.29, 1.82) is 0 Å². The maximum Gasteiger partial charge on any atom is 0.229 e. The van der Waals surface area contributed by atoms with Crippen LogP contribution in [0.25, 0.3) is 0 Å². The van der Waals surface area contributed by atoms with Crippen molar-refractivity contribution in [2.24, 2.45) is 0 Å². The van der Waals surface area contributed by atoms with Gasteiger partial charge in [0.1, 0.15) is 36.3 Å². The zero-order valence-electron chi connectivity index (χ0n) is 17.3. The minimum Gasteiger partial charge on any atom is -0.485 e. The molecule has 32 heavy (non-hydrogen) atoms. The number of benzene rings is 2. The predicted molar refractivity (Wildman–Crippen MR) is 110 cm³/mol. The van der Waals surface area contributed by atoms with Gasteiger partial charge in [0.2, 0.25) is 6.29 Å². The van der Waals surface area contributed by atoms with Crippen molar-refractivity contribution in [3.63, 3.8) is 0 Å². The van der Waals surface area contributed by atoms with Gasteiger partial charge in [0.15, 0.2) is 11.6 Å². The normalized spacial score (nSPS) is 30.3. The molecule has 0 aliphatic carbocycles. The smallest absolute Gasteiger partial charge is 0.229 e.